The van der Waals surface area contributed by atoms with Crippen molar-refractivity contribution in [2.24, 2.45) is 0 Å². The molecule has 2 unspecified atom stereocenters. The molecule has 66 valence electrons. The van der Waals surface area contributed by atoms with Gasteiger partial charge in [-0.25, -0.2) is 0 Å². The van der Waals surface area contributed by atoms with E-state index in [1.807, 2.05) is 0 Å². The van der Waals surface area contributed by atoms with Gasteiger partial charge in [-0.3, -0.25) is 0 Å². The number of aliphatic hydroxyl groups is 2. The third-order valence-electron chi connectivity index (χ3n) is 1.68. The van der Waals surface area contributed by atoms with Crippen molar-refractivity contribution >= 4 is 0 Å². The Hall–Kier alpha value is -0.340. The highest BCUT2D eigenvalue weighted by molar-refractivity contribution is 4.79. The molecule has 0 aliphatic rings. The molecule has 0 radical (unpaired) electrons. The molecular formula is C9H18O2. The van der Waals surface area contributed by atoms with Crippen molar-refractivity contribution in [1.29, 1.82) is 0 Å². The molecule has 11 heavy (non-hydrogen) atoms. The van der Waals surface area contributed by atoms with E-state index >= 15 is 0 Å². The summed E-state index contributed by atoms with van der Waals surface area (Å²) in [5.41, 5.74) is 0. The van der Waals surface area contributed by atoms with Crippen molar-refractivity contribution in [2.75, 3.05) is 0 Å². The summed E-state index contributed by atoms with van der Waals surface area (Å²) in [7, 11) is 0. The zero-order valence-electron chi connectivity index (χ0n) is 7.16. The van der Waals surface area contributed by atoms with Crippen LogP contribution in [0, 0.1) is 0 Å². The van der Waals surface area contributed by atoms with Crippen LogP contribution in [0.15, 0.2) is 12.7 Å². The van der Waals surface area contributed by atoms with Crippen LogP contribution in [0.4, 0.5) is 0 Å². The van der Waals surface area contributed by atoms with E-state index in [0.29, 0.717) is 6.42 Å². The van der Waals surface area contributed by atoms with Crippen LogP contribution in [0.25, 0.3) is 0 Å². The lowest BCUT2D eigenvalue weighted by Gasteiger charge is -2.11. The first-order chi connectivity index (χ1) is 5.20. The van der Waals surface area contributed by atoms with Crippen LogP contribution in [-0.4, -0.2) is 22.4 Å². The zero-order valence-corrected chi connectivity index (χ0v) is 7.16. The topological polar surface area (TPSA) is 40.5 Å². The average molecular weight is 158 g/mol. The summed E-state index contributed by atoms with van der Waals surface area (Å²) >= 11 is 0. The fourth-order valence-electron chi connectivity index (χ4n) is 0.933. The number of unbranched alkanes of at least 4 members (excludes halogenated alkanes) is 1. The van der Waals surface area contributed by atoms with Crippen LogP contribution in [0.5, 0.6) is 0 Å². The Kier molecular flexibility index (Phi) is 6.18. The van der Waals surface area contributed by atoms with Gasteiger partial charge in [-0.2, -0.15) is 0 Å². The molecule has 2 N–H and O–H groups in total. The second-order valence-corrected chi connectivity index (χ2v) is 2.83. The van der Waals surface area contributed by atoms with Gasteiger partial charge in [-0.05, 0) is 6.42 Å². The number of hydrogen-bond acceptors (Lipinski definition) is 2. The van der Waals surface area contributed by atoms with E-state index in [-0.39, 0.29) is 6.10 Å². The maximum atomic E-state index is 9.27. The maximum absolute atomic E-state index is 9.27. The lowest BCUT2D eigenvalue weighted by Crippen LogP contribution is -2.15. The third-order valence-corrected chi connectivity index (χ3v) is 1.68. The molecule has 0 amide bonds. The van der Waals surface area contributed by atoms with Crippen molar-refractivity contribution < 1.29 is 10.2 Å². The Balaban J connectivity index is 3.34. The molecule has 0 saturated carbocycles. The predicted octanol–water partition coefficient (Wildman–Crippen LogP) is 1.47. The van der Waals surface area contributed by atoms with Crippen molar-refractivity contribution in [3.8, 4) is 0 Å². The highest BCUT2D eigenvalue weighted by atomic mass is 16.3. The van der Waals surface area contributed by atoms with Crippen LogP contribution < -0.4 is 0 Å². The normalized spacial score (nSPS) is 15.9. The van der Waals surface area contributed by atoms with E-state index in [1.54, 1.807) is 0 Å². The van der Waals surface area contributed by atoms with Gasteiger partial charge >= 0.3 is 0 Å². The Morgan fingerprint density at radius 1 is 1.45 bits per heavy atom. The third kappa shape index (κ3) is 6.07. The van der Waals surface area contributed by atoms with Crippen LogP contribution in [0.3, 0.4) is 0 Å². The minimum atomic E-state index is -0.554. The van der Waals surface area contributed by atoms with Gasteiger partial charge in [0.1, 0.15) is 0 Å². The molecule has 2 atom stereocenters. The molecule has 0 aliphatic carbocycles. The molecule has 0 aromatic heterocycles. The van der Waals surface area contributed by atoms with Crippen LogP contribution in [0.1, 0.15) is 32.6 Å². The maximum Gasteiger partial charge on any atom is 0.0742 e. The fourth-order valence-corrected chi connectivity index (χ4v) is 0.933. The first-order valence-electron chi connectivity index (χ1n) is 4.19. The number of hydrogen-bond donors (Lipinski definition) is 2. The van der Waals surface area contributed by atoms with Gasteiger partial charge < -0.3 is 10.2 Å². The zero-order chi connectivity index (χ0) is 8.69. The molecular weight excluding hydrogens is 140 g/mol. The van der Waals surface area contributed by atoms with Gasteiger partial charge in [0.15, 0.2) is 0 Å². The molecule has 0 rings (SSSR count). The van der Waals surface area contributed by atoms with E-state index < -0.39 is 6.10 Å². The monoisotopic (exact) mass is 158 g/mol. The van der Waals surface area contributed by atoms with Gasteiger partial charge in [0.05, 0.1) is 12.2 Å². The summed E-state index contributed by atoms with van der Waals surface area (Å²) in [6, 6.07) is 0. The van der Waals surface area contributed by atoms with Gasteiger partial charge in [0.2, 0.25) is 0 Å². The molecule has 0 bridgehead atoms. The summed E-state index contributed by atoms with van der Waals surface area (Å²) < 4.78 is 0. The Morgan fingerprint density at radius 3 is 2.55 bits per heavy atom. The van der Waals surface area contributed by atoms with Gasteiger partial charge in [0, 0.05) is 6.42 Å². The molecule has 0 aromatic carbocycles. The van der Waals surface area contributed by atoms with E-state index in [1.165, 1.54) is 6.08 Å². The number of rotatable bonds is 6. The van der Waals surface area contributed by atoms with Crippen molar-refractivity contribution in [3.63, 3.8) is 0 Å². The minimum Gasteiger partial charge on any atom is -0.393 e. The molecule has 0 aliphatic heterocycles. The summed E-state index contributed by atoms with van der Waals surface area (Å²) in [5, 5.41) is 18.3. The van der Waals surface area contributed by atoms with E-state index in [0.717, 1.165) is 19.3 Å². The highest BCUT2D eigenvalue weighted by Crippen LogP contribution is 2.06. The summed E-state index contributed by atoms with van der Waals surface area (Å²) in [6.07, 6.45) is 3.83. The second-order valence-electron chi connectivity index (χ2n) is 2.83. The fraction of sp³-hybridized carbons (Fsp3) is 0.778. The molecule has 0 saturated heterocycles. The van der Waals surface area contributed by atoms with E-state index in [2.05, 4.69) is 13.5 Å². The molecule has 0 spiro atoms. The summed E-state index contributed by atoms with van der Waals surface area (Å²) in [4.78, 5) is 0. The van der Waals surface area contributed by atoms with Crippen LogP contribution in [-0.2, 0) is 0 Å². The van der Waals surface area contributed by atoms with Crippen molar-refractivity contribution in [3.05, 3.63) is 12.7 Å². The van der Waals surface area contributed by atoms with Gasteiger partial charge in [0.25, 0.3) is 0 Å². The van der Waals surface area contributed by atoms with E-state index in [4.69, 9.17) is 5.11 Å². The Morgan fingerprint density at radius 2 is 2.09 bits per heavy atom. The van der Waals surface area contributed by atoms with Gasteiger partial charge in [-0.1, -0.05) is 25.8 Å². The predicted molar refractivity (Wildman–Crippen MR) is 46.4 cm³/mol. The first-order valence-corrected chi connectivity index (χ1v) is 4.19. The van der Waals surface area contributed by atoms with Crippen LogP contribution in [0.2, 0.25) is 0 Å². The average Bonchev–Trinajstić information content (AvgIpc) is 2.00. The van der Waals surface area contributed by atoms with E-state index in [9.17, 15) is 5.11 Å². The lowest BCUT2D eigenvalue weighted by molar-refractivity contribution is 0.0962. The lowest BCUT2D eigenvalue weighted by atomic mass is 10.1. The minimum absolute atomic E-state index is 0.372. The van der Waals surface area contributed by atoms with Crippen molar-refractivity contribution in [2.45, 2.75) is 44.8 Å². The summed E-state index contributed by atoms with van der Waals surface area (Å²) in [5.74, 6) is 0. The molecule has 2 nitrogen and oxygen atoms in total. The van der Waals surface area contributed by atoms with Gasteiger partial charge in [-0.15, -0.1) is 6.58 Å². The molecule has 2 heteroatoms. The van der Waals surface area contributed by atoms with Crippen molar-refractivity contribution in [1.82, 2.24) is 0 Å². The van der Waals surface area contributed by atoms with Crippen LogP contribution >= 0.6 is 0 Å². The smallest absolute Gasteiger partial charge is 0.0742 e. The molecule has 0 aromatic rings. The summed E-state index contributed by atoms with van der Waals surface area (Å²) in [6.45, 7) is 5.51. The SMILES string of the molecule is C=CC(O)CC(O)CCCC. The Labute approximate surface area is 68.6 Å². The Bertz CT molecular complexity index is 102. The largest absolute Gasteiger partial charge is 0.393 e. The molecule has 0 heterocycles. The first kappa shape index (κ1) is 10.7. The second kappa shape index (κ2) is 6.38. The molecule has 0 fully saturated rings. The number of aliphatic hydroxyl groups excluding tert-OH is 2. The highest BCUT2D eigenvalue weighted by Gasteiger charge is 2.07. The standard InChI is InChI=1S/C9H18O2/c1-3-5-6-9(11)7-8(10)4-2/h4,8-11H,2-3,5-7H2,1H3. The quantitative estimate of drug-likeness (QED) is 0.575.